The number of carboxylic acids is 1. The molecule has 0 bridgehead atoms. The summed E-state index contributed by atoms with van der Waals surface area (Å²) in [7, 11) is 0. The van der Waals surface area contributed by atoms with E-state index in [1.807, 2.05) is 12.1 Å². The third-order valence-corrected chi connectivity index (χ3v) is 7.48. The molecule has 4 unspecified atom stereocenters. The maximum absolute atomic E-state index is 11.8. The first-order valence-electron chi connectivity index (χ1n) is 13.6. The molecule has 6 heteroatoms. The van der Waals surface area contributed by atoms with Crippen molar-refractivity contribution < 1.29 is 9.90 Å². The Morgan fingerprint density at radius 2 is 1.68 bits per heavy atom. The van der Waals surface area contributed by atoms with Crippen LogP contribution in [0.4, 0.5) is 5.69 Å². The van der Waals surface area contributed by atoms with Crippen molar-refractivity contribution in [3.8, 4) is 0 Å². The van der Waals surface area contributed by atoms with E-state index in [9.17, 15) is 9.90 Å². The number of para-hydroxylation sites is 1. The van der Waals surface area contributed by atoms with Crippen molar-refractivity contribution in [3.63, 3.8) is 0 Å². The first kappa shape index (κ1) is 28.6. The molecule has 1 aliphatic heterocycles. The molecule has 34 heavy (non-hydrogen) atoms. The number of hydrogen-bond donors (Lipinski definition) is 3. The van der Waals surface area contributed by atoms with Gasteiger partial charge in [0.15, 0.2) is 0 Å². The molecule has 4 N–H and O–H groups in total. The summed E-state index contributed by atoms with van der Waals surface area (Å²) in [4.78, 5) is 16.9. The summed E-state index contributed by atoms with van der Waals surface area (Å²) < 4.78 is 0. The fourth-order valence-corrected chi connectivity index (χ4v) is 5.39. The Kier molecular flexibility index (Phi) is 11.8. The lowest BCUT2D eigenvalue weighted by molar-refractivity contribution is -0.0176. The number of aromatic carboxylic acids is 1. The lowest BCUT2D eigenvalue weighted by Gasteiger charge is -2.52. The van der Waals surface area contributed by atoms with Gasteiger partial charge in [0.25, 0.3) is 0 Å². The Bertz CT molecular complexity index is 739. The minimum atomic E-state index is -0.915. The van der Waals surface area contributed by atoms with Crippen LogP contribution in [0.5, 0.6) is 0 Å². The fraction of sp³-hybridized carbons (Fsp3) is 0.750. The molecular formula is C28H50N4O2. The van der Waals surface area contributed by atoms with E-state index in [1.54, 1.807) is 12.1 Å². The van der Waals surface area contributed by atoms with Crippen LogP contribution in [0.25, 0.3) is 0 Å². The van der Waals surface area contributed by atoms with E-state index >= 15 is 0 Å². The first-order chi connectivity index (χ1) is 16.2. The summed E-state index contributed by atoms with van der Waals surface area (Å²) in [6.45, 7) is 14.9. The summed E-state index contributed by atoms with van der Waals surface area (Å²) in [5, 5.41) is 13.3. The third kappa shape index (κ3) is 8.24. The zero-order chi connectivity index (χ0) is 25.1. The molecule has 1 aromatic rings. The summed E-state index contributed by atoms with van der Waals surface area (Å²) in [6, 6.07) is 7.18. The molecule has 1 aromatic carbocycles. The quantitative estimate of drug-likeness (QED) is 0.296. The molecule has 1 fully saturated rings. The van der Waals surface area contributed by atoms with E-state index in [2.05, 4.69) is 49.7 Å². The largest absolute Gasteiger partial charge is 0.478 e. The van der Waals surface area contributed by atoms with Crippen molar-refractivity contribution in [2.24, 2.45) is 17.6 Å². The number of carboxylic acid groups (broad SMARTS) is 1. The fourth-order valence-electron chi connectivity index (χ4n) is 5.39. The average molecular weight is 475 g/mol. The van der Waals surface area contributed by atoms with E-state index < -0.39 is 11.5 Å². The minimum Gasteiger partial charge on any atom is -0.478 e. The van der Waals surface area contributed by atoms with Gasteiger partial charge in [0.1, 0.15) is 0 Å². The standard InChI is InChI=1S/C28H50N4O2/c1-6-10-14-22(8-3)18-31-20-28(5,29)27(30-25-17-13-12-16-24(25)26(33)34)32(21-31)19-23(9-4)15-11-7-2/h12-13,16-17,22-23,27,30H,6-11,14-15,18-21,29H2,1-5H3,(H,33,34). The predicted octanol–water partition coefficient (Wildman–Crippen LogP) is 5.85. The van der Waals surface area contributed by atoms with Crippen molar-refractivity contribution in [2.75, 3.05) is 31.6 Å². The van der Waals surface area contributed by atoms with Gasteiger partial charge in [-0.1, -0.05) is 78.4 Å². The van der Waals surface area contributed by atoms with Crippen LogP contribution in [-0.2, 0) is 0 Å². The number of anilines is 1. The molecule has 4 atom stereocenters. The molecule has 6 nitrogen and oxygen atoms in total. The van der Waals surface area contributed by atoms with Crippen LogP contribution in [0, 0.1) is 11.8 Å². The smallest absolute Gasteiger partial charge is 0.337 e. The van der Waals surface area contributed by atoms with E-state index in [0.29, 0.717) is 23.1 Å². The van der Waals surface area contributed by atoms with Gasteiger partial charge in [0, 0.05) is 25.3 Å². The highest BCUT2D eigenvalue weighted by Gasteiger charge is 2.42. The van der Waals surface area contributed by atoms with Crippen LogP contribution in [0.3, 0.4) is 0 Å². The first-order valence-corrected chi connectivity index (χ1v) is 13.6. The van der Waals surface area contributed by atoms with Crippen molar-refractivity contribution in [1.82, 2.24) is 9.80 Å². The molecule has 0 aliphatic carbocycles. The van der Waals surface area contributed by atoms with Gasteiger partial charge >= 0.3 is 5.97 Å². The Morgan fingerprint density at radius 3 is 2.24 bits per heavy atom. The van der Waals surface area contributed by atoms with Crippen LogP contribution in [-0.4, -0.2) is 58.9 Å². The van der Waals surface area contributed by atoms with Crippen molar-refractivity contribution in [2.45, 2.75) is 97.7 Å². The molecule has 0 saturated carbocycles. The zero-order valence-electron chi connectivity index (χ0n) is 22.4. The number of nitrogens with one attached hydrogen (secondary N) is 1. The van der Waals surface area contributed by atoms with E-state index in [4.69, 9.17) is 5.73 Å². The van der Waals surface area contributed by atoms with Crippen LogP contribution < -0.4 is 11.1 Å². The SMILES string of the molecule is CCCCC(CC)CN1CN(CC(CC)CCCC)C(Nc2ccccc2C(=O)O)C(C)(N)C1. The normalized spacial score (nSPS) is 23.5. The number of nitrogens with two attached hydrogens (primary N) is 1. The predicted molar refractivity (Wildman–Crippen MR) is 143 cm³/mol. The van der Waals surface area contributed by atoms with Gasteiger partial charge in [-0.25, -0.2) is 4.79 Å². The highest BCUT2D eigenvalue weighted by Crippen LogP contribution is 2.29. The second kappa shape index (κ2) is 14.1. The number of hydrogen-bond acceptors (Lipinski definition) is 5. The Balaban J connectivity index is 2.29. The number of carbonyl (C=O) groups is 1. The second-order valence-corrected chi connectivity index (χ2v) is 10.7. The van der Waals surface area contributed by atoms with Gasteiger partial charge in [0.05, 0.1) is 23.9 Å². The van der Waals surface area contributed by atoms with E-state index in [1.165, 1.54) is 44.9 Å². The molecule has 0 radical (unpaired) electrons. The minimum absolute atomic E-state index is 0.129. The maximum Gasteiger partial charge on any atom is 0.337 e. The molecule has 0 aromatic heterocycles. The molecule has 194 valence electrons. The van der Waals surface area contributed by atoms with E-state index in [0.717, 1.165) is 32.7 Å². The third-order valence-electron chi connectivity index (χ3n) is 7.48. The van der Waals surface area contributed by atoms with Crippen LogP contribution >= 0.6 is 0 Å². The monoisotopic (exact) mass is 474 g/mol. The Labute approximate surface area is 208 Å². The number of unbranched alkanes of at least 4 members (excludes halogenated alkanes) is 2. The zero-order valence-corrected chi connectivity index (χ0v) is 22.4. The molecule has 1 heterocycles. The van der Waals surface area contributed by atoms with Gasteiger partial charge in [-0.15, -0.1) is 0 Å². The van der Waals surface area contributed by atoms with Gasteiger partial charge in [-0.2, -0.15) is 0 Å². The second-order valence-electron chi connectivity index (χ2n) is 10.7. The lowest BCUT2D eigenvalue weighted by Crippen LogP contribution is -2.71. The van der Waals surface area contributed by atoms with Crippen LogP contribution in [0.15, 0.2) is 24.3 Å². The number of nitrogens with zero attached hydrogens (tertiary/aromatic N) is 2. The maximum atomic E-state index is 11.8. The summed E-state index contributed by atoms with van der Waals surface area (Å²) in [5.74, 6) is 0.385. The van der Waals surface area contributed by atoms with Crippen molar-refractivity contribution >= 4 is 11.7 Å². The van der Waals surface area contributed by atoms with Gasteiger partial charge < -0.3 is 16.2 Å². The molecule has 0 amide bonds. The van der Waals surface area contributed by atoms with Gasteiger partial charge in [0.2, 0.25) is 0 Å². The summed E-state index contributed by atoms with van der Waals surface area (Å²) in [5.41, 5.74) is 7.44. The molecule has 0 spiro atoms. The van der Waals surface area contributed by atoms with Gasteiger partial charge in [-0.05, 0) is 43.7 Å². The highest BCUT2D eigenvalue weighted by atomic mass is 16.4. The van der Waals surface area contributed by atoms with Crippen molar-refractivity contribution in [1.29, 1.82) is 0 Å². The highest BCUT2D eigenvalue weighted by molar-refractivity contribution is 5.94. The molecule has 2 rings (SSSR count). The molecular weight excluding hydrogens is 424 g/mol. The topological polar surface area (TPSA) is 81.8 Å². The van der Waals surface area contributed by atoms with Crippen LogP contribution in [0.2, 0.25) is 0 Å². The lowest BCUT2D eigenvalue weighted by atomic mass is 9.90. The summed E-state index contributed by atoms with van der Waals surface area (Å²) in [6.07, 6.45) is 9.66. The van der Waals surface area contributed by atoms with Crippen LogP contribution in [0.1, 0.15) is 96.3 Å². The Hall–Kier alpha value is -1.63. The van der Waals surface area contributed by atoms with Crippen molar-refractivity contribution in [3.05, 3.63) is 29.8 Å². The summed E-state index contributed by atoms with van der Waals surface area (Å²) >= 11 is 0. The van der Waals surface area contributed by atoms with E-state index in [-0.39, 0.29) is 6.17 Å². The van der Waals surface area contributed by atoms with Gasteiger partial charge in [-0.3, -0.25) is 9.80 Å². The average Bonchev–Trinajstić information content (AvgIpc) is 2.81. The molecule has 1 aliphatic rings. The number of benzene rings is 1. The molecule has 1 saturated heterocycles. The number of rotatable bonds is 15. The Morgan fingerprint density at radius 1 is 1.09 bits per heavy atom.